The van der Waals surface area contributed by atoms with Crippen LogP contribution in [-0.2, 0) is 0 Å². The smallest absolute Gasteiger partial charge is 0.290 e. The van der Waals surface area contributed by atoms with E-state index in [1.165, 1.54) is 0 Å². The molecule has 1 amide bonds. The van der Waals surface area contributed by atoms with Crippen LogP contribution in [0.5, 0.6) is 11.5 Å². The SMILES string of the molecule is CCCOc1ccc(C2c3c(oc4ccc(C)cc4c3=O)C(=O)N2CCN(C)C)cc1OCC. The first kappa shape index (κ1) is 23.8. The summed E-state index contributed by atoms with van der Waals surface area (Å²) in [5, 5.41) is 0.485. The van der Waals surface area contributed by atoms with E-state index in [0.717, 1.165) is 17.5 Å². The lowest BCUT2D eigenvalue weighted by Gasteiger charge is -2.27. The molecular weight excluding hydrogens is 432 g/mol. The van der Waals surface area contributed by atoms with Crippen LogP contribution in [0.1, 0.15) is 53.6 Å². The lowest BCUT2D eigenvalue weighted by molar-refractivity contribution is 0.0716. The Balaban J connectivity index is 1.89. The van der Waals surface area contributed by atoms with Gasteiger partial charge in [-0.2, -0.15) is 0 Å². The van der Waals surface area contributed by atoms with Crippen molar-refractivity contribution < 1.29 is 18.7 Å². The van der Waals surface area contributed by atoms with Crippen LogP contribution < -0.4 is 14.9 Å². The maximum absolute atomic E-state index is 13.7. The van der Waals surface area contributed by atoms with Crippen LogP contribution in [0, 0.1) is 6.92 Å². The van der Waals surface area contributed by atoms with E-state index in [-0.39, 0.29) is 17.1 Å². The van der Waals surface area contributed by atoms with Crippen molar-refractivity contribution in [2.75, 3.05) is 40.4 Å². The van der Waals surface area contributed by atoms with E-state index in [0.29, 0.717) is 54.3 Å². The molecule has 0 saturated heterocycles. The molecule has 0 aliphatic carbocycles. The zero-order valence-electron chi connectivity index (χ0n) is 20.5. The van der Waals surface area contributed by atoms with Gasteiger partial charge in [-0.15, -0.1) is 0 Å². The van der Waals surface area contributed by atoms with Crippen LogP contribution in [0.3, 0.4) is 0 Å². The number of benzene rings is 2. The molecule has 1 aromatic heterocycles. The van der Waals surface area contributed by atoms with Gasteiger partial charge in [0.2, 0.25) is 5.76 Å². The van der Waals surface area contributed by atoms with Gasteiger partial charge in [0.05, 0.1) is 30.2 Å². The second-order valence-corrected chi connectivity index (χ2v) is 8.87. The van der Waals surface area contributed by atoms with Gasteiger partial charge in [0.25, 0.3) is 5.91 Å². The summed E-state index contributed by atoms with van der Waals surface area (Å²) in [6, 6.07) is 10.5. The molecule has 0 saturated carbocycles. The van der Waals surface area contributed by atoms with E-state index in [9.17, 15) is 9.59 Å². The number of fused-ring (bicyclic) bond motifs is 2. The van der Waals surface area contributed by atoms with E-state index >= 15 is 0 Å². The Morgan fingerprint density at radius 3 is 2.53 bits per heavy atom. The predicted molar refractivity (Wildman–Crippen MR) is 132 cm³/mol. The molecule has 1 aliphatic heterocycles. The molecule has 7 heteroatoms. The van der Waals surface area contributed by atoms with E-state index in [1.54, 1.807) is 11.0 Å². The molecule has 1 atom stereocenters. The summed E-state index contributed by atoms with van der Waals surface area (Å²) in [7, 11) is 3.91. The van der Waals surface area contributed by atoms with E-state index in [4.69, 9.17) is 13.9 Å². The van der Waals surface area contributed by atoms with Crippen LogP contribution in [0.4, 0.5) is 0 Å². The summed E-state index contributed by atoms with van der Waals surface area (Å²) in [5.41, 5.74) is 2.38. The van der Waals surface area contributed by atoms with Crippen LogP contribution >= 0.6 is 0 Å². The monoisotopic (exact) mass is 464 g/mol. The topological polar surface area (TPSA) is 72.2 Å². The van der Waals surface area contributed by atoms with Crippen molar-refractivity contribution in [2.24, 2.45) is 0 Å². The molecule has 180 valence electrons. The Morgan fingerprint density at radius 1 is 1.03 bits per heavy atom. The Bertz CT molecular complexity index is 1260. The van der Waals surface area contributed by atoms with E-state index < -0.39 is 6.04 Å². The molecule has 0 radical (unpaired) electrons. The fourth-order valence-electron chi connectivity index (χ4n) is 4.31. The molecule has 1 unspecified atom stereocenters. The number of nitrogens with zero attached hydrogens (tertiary/aromatic N) is 2. The first-order valence-electron chi connectivity index (χ1n) is 11.8. The van der Waals surface area contributed by atoms with Crippen molar-refractivity contribution in [1.82, 2.24) is 9.80 Å². The summed E-state index contributed by atoms with van der Waals surface area (Å²) < 4.78 is 17.8. The zero-order valence-corrected chi connectivity index (χ0v) is 20.5. The van der Waals surface area contributed by atoms with Crippen LogP contribution in [-0.4, -0.2) is 56.1 Å². The fourth-order valence-corrected chi connectivity index (χ4v) is 4.31. The van der Waals surface area contributed by atoms with Crippen molar-refractivity contribution in [1.29, 1.82) is 0 Å². The lowest BCUT2D eigenvalue weighted by atomic mass is 9.97. The number of carbonyl (C=O) groups is 1. The number of likely N-dealkylation sites (N-methyl/N-ethyl adjacent to an activating group) is 1. The molecule has 2 heterocycles. The lowest BCUT2D eigenvalue weighted by Crippen LogP contribution is -2.35. The number of carbonyl (C=O) groups excluding carboxylic acids is 1. The largest absolute Gasteiger partial charge is 0.490 e. The highest BCUT2D eigenvalue weighted by atomic mass is 16.5. The van der Waals surface area contributed by atoms with Gasteiger partial charge in [-0.1, -0.05) is 24.6 Å². The molecule has 0 bridgehead atoms. The summed E-state index contributed by atoms with van der Waals surface area (Å²) in [4.78, 5) is 30.9. The van der Waals surface area contributed by atoms with Crippen molar-refractivity contribution in [2.45, 2.75) is 33.2 Å². The minimum Gasteiger partial charge on any atom is -0.490 e. The molecular formula is C27H32N2O5. The summed E-state index contributed by atoms with van der Waals surface area (Å²) >= 11 is 0. The van der Waals surface area contributed by atoms with Crippen molar-refractivity contribution in [3.8, 4) is 11.5 Å². The van der Waals surface area contributed by atoms with Gasteiger partial charge in [0, 0.05) is 13.1 Å². The van der Waals surface area contributed by atoms with Gasteiger partial charge >= 0.3 is 0 Å². The highest BCUT2D eigenvalue weighted by Crippen LogP contribution is 2.41. The second kappa shape index (κ2) is 9.89. The molecule has 2 aromatic carbocycles. The molecule has 0 spiro atoms. The van der Waals surface area contributed by atoms with Gasteiger partial charge < -0.3 is 23.7 Å². The van der Waals surface area contributed by atoms with Gasteiger partial charge in [-0.05, 0) is 64.2 Å². The molecule has 0 fully saturated rings. The first-order chi connectivity index (χ1) is 16.3. The quantitative estimate of drug-likeness (QED) is 0.468. The third kappa shape index (κ3) is 4.40. The Hall–Kier alpha value is -3.32. The van der Waals surface area contributed by atoms with Gasteiger partial charge in [-0.3, -0.25) is 9.59 Å². The third-order valence-electron chi connectivity index (χ3n) is 5.95. The third-order valence-corrected chi connectivity index (χ3v) is 5.95. The average molecular weight is 465 g/mol. The van der Waals surface area contributed by atoms with Crippen LogP contribution in [0.15, 0.2) is 45.6 Å². The average Bonchev–Trinajstić information content (AvgIpc) is 3.09. The Morgan fingerprint density at radius 2 is 1.82 bits per heavy atom. The predicted octanol–water partition coefficient (Wildman–Crippen LogP) is 4.40. The fraction of sp³-hybridized carbons (Fsp3) is 0.407. The summed E-state index contributed by atoms with van der Waals surface area (Å²) in [6.45, 7) is 8.05. The van der Waals surface area contributed by atoms with Crippen LogP contribution in [0.2, 0.25) is 0 Å². The highest BCUT2D eigenvalue weighted by molar-refractivity contribution is 5.99. The maximum Gasteiger partial charge on any atom is 0.290 e. The Kier molecular flexibility index (Phi) is 6.93. The van der Waals surface area contributed by atoms with Crippen LogP contribution in [0.25, 0.3) is 11.0 Å². The summed E-state index contributed by atoms with van der Waals surface area (Å²) in [6.07, 6.45) is 0.879. The van der Waals surface area contributed by atoms with E-state index in [1.807, 2.05) is 70.1 Å². The molecule has 4 rings (SSSR count). The van der Waals surface area contributed by atoms with Gasteiger partial charge in [-0.25, -0.2) is 0 Å². The zero-order chi connectivity index (χ0) is 24.4. The number of hydrogen-bond acceptors (Lipinski definition) is 6. The molecule has 3 aromatic rings. The molecule has 7 nitrogen and oxygen atoms in total. The number of rotatable bonds is 9. The molecule has 34 heavy (non-hydrogen) atoms. The number of ether oxygens (including phenoxy) is 2. The van der Waals surface area contributed by atoms with Crippen molar-refractivity contribution in [3.63, 3.8) is 0 Å². The molecule has 0 N–H and O–H groups in total. The Labute approximate surface area is 199 Å². The minimum absolute atomic E-state index is 0.120. The highest BCUT2D eigenvalue weighted by Gasteiger charge is 2.42. The minimum atomic E-state index is -0.567. The van der Waals surface area contributed by atoms with Gasteiger partial charge in [0.1, 0.15) is 5.58 Å². The maximum atomic E-state index is 13.7. The molecule has 1 aliphatic rings. The van der Waals surface area contributed by atoms with Crippen molar-refractivity contribution in [3.05, 3.63) is 69.1 Å². The normalized spacial score (nSPS) is 15.3. The summed E-state index contributed by atoms with van der Waals surface area (Å²) in [5.74, 6) is 1.10. The number of aryl methyl sites for hydroxylation is 1. The second-order valence-electron chi connectivity index (χ2n) is 8.87. The number of hydrogen-bond donors (Lipinski definition) is 0. The number of amides is 1. The van der Waals surface area contributed by atoms with E-state index in [2.05, 4.69) is 0 Å². The van der Waals surface area contributed by atoms with Gasteiger partial charge in [0.15, 0.2) is 16.9 Å². The van der Waals surface area contributed by atoms with Crippen molar-refractivity contribution >= 4 is 16.9 Å². The standard InChI is InChI=1S/C27H32N2O5/c1-6-14-33-21-11-9-18(16-22(21)32-7-2)24-23-25(30)19-15-17(3)8-10-20(19)34-26(23)27(31)29(24)13-12-28(4)5/h8-11,15-16,24H,6-7,12-14H2,1-5H3. The first-order valence-corrected chi connectivity index (χ1v) is 11.8.